The molecule has 1 amide bonds. The van der Waals surface area contributed by atoms with Crippen LogP contribution in [0.3, 0.4) is 0 Å². The van der Waals surface area contributed by atoms with Crippen molar-refractivity contribution in [2.45, 2.75) is 64.4 Å². The van der Waals surface area contributed by atoms with E-state index in [1.807, 2.05) is 6.92 Å². The fourth-order valence-corrected chi connectivity index (χ4v) is 1.79. The molecule has 0 aromatic carbocycles. The fourth-order valence-electron chi connectivity index (χ4n) is 1.79. The fraction of sp³-hybridized carbons (Fsp3) is 0.923. The van der Waals surface area contributed by atoms with Crippen LogP contribution in [-0.4, -0.2) is 29.7 Å². The third-order valence-corrected chi connectivity index (χ3v) is 2.81. The van der Waals surface area contributed by atoms with Crippen molar-refractivity contribution in [3.05, 3.63) is 0 Å². The molecule has 0 spiro atoms. The maximum atomic E-state index is 11.5. The first-order valence-corrected chi connectivity index (χ1v) is 6.71. The lowest BCUT2D eigenvalue weighted by Crippen LogP contribution is -2.40. The van der Waals surface area contributed by atoms with E-state index in [-0.39, 0.29) is 5.91 Å². The van der Waals surface area contributed by atoms with Crippen LogP contribution < -0.4 is 11.1 Å². The first-order valence-electron chi connectivity index (χ1n) is 6.71. The highest BCUT2D eigenvalue weighted by Gasteiger charge is 2.19. The van der Waals surface area contributed by atoms with Crippen LogP contribution in [0.2, 0.25) is 0 Å². The van der Waals surface area contributed by atoms with Crippen molar-refractivity contribution < 1.29 is 9.90 Å². The standard InChI is InChI=1S/C13H28N2O2/c1-3-9-13(2,17)11-15-12(16)8-6-4-5-7-10-14/h17H,3-11,14H2,1-2H3,(H,15,16). The summed E-state index contributed by atoms with van der Waals surface area (Å²) in [5, 5.41) is 12.7. The van der Waals surface area contributed by atoms with Crippen molar-refractivity contribution in [2.24, 2.45) is 5.73 Å². The zero-order valence-electron chi connectivity index (χ0n) is 11.3. The van der Waals surface area contributed by atoms with Crippen LogP contribution in [0.1, 0.15) is 58.8 Å². The number of hydrogen-bond acceptors (Lipinski definition) is 3. The second-order valence-corrected chi connectivity index (χ2v) is 4.98. The molecule has 4 heteroatoms. The molecule has 0 rings (SSSR count). The number of unbranched alkanes of at least 4 members (excludes halogenated alkanes) is 3. The van der Waals surface area contributed by atoms with Gasteiger partial charge in [0.2, 0.25) is 5.91 Å². The summed E-state index contributed by atoms with van der Waals surface area (Å²) in [6, 6.07) is 0. The summed E-state index contributed by atoms with van der Waals surface area (Å²) in [5.74, 6) is 0.0362. The van der Waals surface area contributed by atoms with E-state index in [1.54, 1.807) is 6.92 Å². The Hall–Kier alpha value is -0.610. The van der Waals surface area contributed by atoms with Crippen LogP contribution >= 0.6 is 0 Å². The number of rotatable bonds is 10. The molecule has 4 N–H and O–H groups in total. The average Bonchev–Trinajstić information content (AvgIpc) is 2.26. The van der Waals surface area contributed by atoms with Gasteiger partial charge in [-0.15, -0.1) is 0 Å². The number of carbonyl (C=O) groups is 1. The van der Waals surface area contributed by atoms with E-state index in [4.69, 9.17) is 5.73 Å². The summed E-state index contributed by atoms with van der Waals surface area (Å²) in [7, 11) is 0. The van der Waals surface area contributed by atoms with Gasteiger partial charge in [0.1, 0.15) is 0 Å². The van der Waals surface area contributed by atoms with Crippen molar-refractivity contribution in [3.8, 4) is 0 Å². The molecule has 0 aromatic heterocycles. The van der Waals surface area contributed by atoms with E-state index in [1.165, 1.54) is 0 Å². The molecule has 1 atom stereocenters. The molecule has 0 aromatic rings. The predicted octanol–water partition coefficient (Wildman–Crippen LogP) is 1.56. The van der Waals surface area contributed by atoms with Gasteiger partial charge in [0.25, 0.3) is 0 Å². The zero-order valence-corrected chi connectivity index (χ0v) is 11.3. The van der Waals surface area contributed by atoms with Gasteiger partial charge in [0, 0.05) is 13.0 Å². The van der Waals surface area contributed by atoms with E-state index in [0.29, 0.717) is 19.4 Å². The van der Waals surface area contributed by atoms with E-state index in [9.17, 15) is 9.90 Å². The lowest BCUT2D eigenvalue weighted by atomic mass is 10.0. The number of nitrogens with two attached hydrogens (primary N) is 1. The molecule has 0 heterocycles. The number of amides is 1. The summed E-state index contributed by atoms with van der Waals surface area (Å²) in [6.45, 7) is 4.86. The monoisotopic (exact) mass is 244 g/mol. The van der Waals surface area contributed by atoms with E-state index < -0.39 is 5.60 Å². The van der Waals surface area contributed by atoms with E-state index in [0.717, 1.165) is 38.6 Å². The quantitative estimate of drug-likeness (QED) is 0.510. The third kappa shape index (κ3) is 10.3. The van der Waals surface area contributed by atoms with Crippen LogP contribution in [0.5, 0.6) is 0 Å². The molecule has 0 saturated carbocycles. The van der Waals surface area contributed by atoms with Crippen molar-refractivity contribution >= 4 is 5.91 Å². The highest BCUT2D eigenvalue weighted by molar-refractivity contribution is 5.75. The van der Waals surface area contributed by atoms with Gasteiger partial charge in [0.15, 0.2) is 0 Å². The van der Waals surface area contributed by atoms with Gasteiger partial charge in [0.05, 0.1) is 5.60 Å². The Morgan fingerprint density at radius 3 is 2.53 bits per heavy atom. The van der Waals surface area contributed by atoms with Crippen molar-refractivity contribution in [1.82, 2.24) is 5.32 Å². The predicted molar refractivity (Wildman–Crippen MR) is 70.7 cm³/mol. The Morgan fingerprint density at radius 1 is 1.29 bits per heavy atom. The molecule has 102 valence electrons. The van der Waals surface area contributed by atoms with Gasteiger partial charge in [-0.2, -0.15) is 0 Å². The van der Waals surface area contributed by atoms with Crippen LogP contribution in [0.25, 0.3) is 0 Å². The zero-order chi connectivity index (χ0) is 13.1. The van der Waals surface area contributed by atoms with Crippen LogP contribution in [0, 0.1) is 0 Å². The van der Waals surface area contributed by atoms with Crippen molar-refractivity contribution in [3.63, 3.8) is 0 Å². The molecule has 0 radical (unpaired) electrons. The minimum Gasteiger partial charge on any atom is -0.388 e. The molecule has 0 saturated heterocycles. The Kier molecular flexibility index (Phi) is 9.09. The summed E-state index contributed by atoms with van der Waals surface area (Å²) >= 11 is 0. The van der Waals surface area contributed by atoms with Gasteiger partial charge in [-0.25, -0.2) is 0 Å². The lowest BCUT2D eigenvalue weighted by molar-refractivity contribution is -0.122. The molecule has 0 aliphatic rings. The van der Waals surface area contributed by atoms with Crippen LogP contribution in [0.15, 0.2) is 0 Å². The smallest absolute Gasteiger partial charge is 0.220 e. The number of aliphatic hydroxyl groups is 1. The Balaban J connectivity index is 3.52. The minimum atomic E-state index is -0.774. The number of hydrogen-bond donors (Lipinski definition) is 3. The molecule has 0 bridgehead atoms. The number of nitrogens with one attached hydrogen (secondary N) is 1. The van der Waals surface area contributed by atoms with Crippen molar-refractivity contribution in [1.29, 1.82) is 0 Å². The maximum Gasteiger partial charge on any atom is 0.220 e. The second-order valence-electron chi connectivity index (χ2n) is 4.98. The molecule has 0 fully saturated rings. The molecular formula is C13H28N2O2. The summed E-state index contributed by atoms with van der Waals surface area (Å²) in [4.78, 5) is 11.5. The Morgan fingerprint density at radius 2 is 1.94 bits per heavy atom. The molecule has 0 aliphatic heterocycles. The van der Waals surface area contributed by atoms with Gasteiger partial charge < -0.3 is 16.2 Å². The highest BCUT2D eigenvalue weighted by Crippen LogP contribution is 2.10. The normalized spacial score (nSPS) is 14.4. The van der Waals surface area contributed by atoms with Gasteiger partial charge >= 0.3 is 0 Å². The van der Waals surface area contributed by atoms with E-state index >= 15 is 0 Å². The average molecular weight is 244 g/mol. The summed E-state index contributed by atoms with van der Waals surface area (Å²) in [6.07, 6.45) is 6.26. The van der Waals surface area contributed by atoms with Crippen molar-refractivity contribution in [2.75, 3.05) is 13.1 Å². The second kappa shape index (κ2) is 9.42. The largest absolute Gasteiger partial charge is 0.388 e. The van der Waals surface area contributed by atoms with Gasteiger partial charge in [-0.05, 0) is 32.7 Å². The SMILES string of the molecule is CCCC(C)(O)CNC(=O)CCCCCCN. The minimum absolute atomic E-state index is 0.0362. The van der Waals surface area contributed by atoms with Gasteiger partial charge in [-0.3, -0.25) is 4.79 Å². The van der Waals surface area contributed by atoms with Gasteiger partial charge in [-0.1, -0.05) is 26.2 Å². The summed E-state index contributed by atoms with van der Waals surface area (Å²) < 4.78 is 0. The maximum absolute atomic E-state index is 11.5. The first kappa shape index (κ1) is 16.4. The topological polar surface area (TPSA) is 75.3 Å². The van der Waals surface area contributed by atoms with E-state index in [2.05, 4.69) is 5.32 Å². The summed E-state index contributed by atoms with van der Waals surface area (Å²) in [5.41, 5.74) is 4.61. The number of carbonyl (C=O) groups excluding carboxylic acids is 1. The Labute approximate surface area is 105 Å². The molecule has 17 heavy (non-hydrogen) atoms. The molecule has 4 nitrogen and oxygen atoms in total. The molecule has 0 aliphatic carbocycles. The third-order valence-electron chi connectivity index (χ3n) is 2.81. The lowest BCUT2D eigenvalue weighted by Gasteiger charge is -2.22. The van der Waals surface area contributed by atoms with Crippen LogP contribution in [0.4, 0.5) is 0 Å². The molecular weight excluding hydrogens is 216 g/mol. The first-order chi connectivity index (χ1) is 8.02. The molecule has 1 unspecified atom stereocenters. The van der Waals surface area contributed by atoms with Crippen LogP contribution in [-0.2, 0) is 4.79 Å². The highest BCUT2D eigenvalue weighted by atomic mass is 16.3. The Bertz CT molecular complexity index is 206.